The van der Waals surface area contributed by atoms with Gasteiger partial charge < -0.3 is 35.8 Å². The molecular formula is C14H20N2O6. The number of nitrogens with one attached hydrogen (secondary N) is 2. The first-order valence-electron chi connectivity index (χ1n) is 6.87. The smallest absolute Gasteiger partial charge is 0.319 e. The van der Waals surface area contributed by atoms with Gasteiger partial charge in [0.15, 0.2) is 6.29 Å². The molecule has 2 rings (SSSR count). The van der Waals surface area contributed by atoms with E-state index in [4.69, 9.17) is 9.84 Å². The van der Waals surface area contributed by atoms with E-state index in [0.29, 0.717) is 5.69 Å². The van der Waals surface area contributed by atoms with Gasteiger partial charge in [0, 0.05) is 5.69 Å². The van der Waals surface area contributed by atoms with Crippen molar-refractivity contribution in [3.8, 4) is 0 Å². The number of benzene rings is 1. The third kappa shape index (κ3) is 3.54. The molecule has 0 aromatic heterocycles. The molecule has 0 bridgehead atoms. The summed E-state index contributed by atoms with van der Waals surface area (Å²) in [5.41, 5.74) is 1.42. The molecule has 0 spiro atoms. The standard InChI is InChI=1S/C14H20N2O6/c1-7-4-2-3-5-8(7)15-14(21)16-10-12(19)11(18)9(6-17)22-13(10)20/h2-5,9-13,17-20H,6H2,1H3,(H2,15,16,21)/t9-,10-,11-,12-,13+/m1/s1. The molecule has 1 aliphatic rings. The van der Waals surface area contributed by atoms with E-state index < -0.39 is 43.3 Å². The number of ether oxygens (including phenoxy) is 1. The van der Waals surface area contributed by atoms with Crippen molar-refractivity contribution in [3.63, 3.8) is 0 Å². The molecule has 8 heteroatoms. The van der Waals surface area contributed by atoms with Crippen LogP contribution in [0.15, 0.2) is 24.3 Å². The van der Waals surface area contributed by atoms with Crippen molar-refractivity contribution in [1.82, 2.24) is 5.32 Å². The number of hydrogen-bond acceptors (Lipinski definition) is 6. The Morgan fingerprint density at radius 1 is 1.23 bits per heavy atom. The highest BCUT2D eigenvalue weighted by molar-refractivity contribution is 5.90. The second-order valence-corrected chi connectivity index (χ2v) is 5.17. The Morgan fingerprint density at radius 3 is 2.55 bits per heavy atom. The zero-order valence-corrected chi connectivity index (χ0v) is 12.0. The van der Waals surface area contributed by atoms with E-state index in [1.165, 1.54) is 0 Å². The van der Waals surface area contributed by atoms with Crippen LogP contribution in [0, 0.1) is 6.92 Å². The van der Waals surface area contributed by atoms with Crippen molar-refractivity contribution < 1.29 is 30.0 Å². The van der Waals surface area contributed by atoms with Crippen molar-refractivity contribution in [1.29, 1.82) is 0 Å². The zero-order valence-electron chi connectivity index (χ0n) is 12.0. The lowest BCUT2D eigenvalue weighted by molar-refractivity contribution is -0.252. The zero-order chi connectivity index (χ0) is 16.3. The van der Waals surface area contributed by atoms with Gasteiger partial charge in [-0.25, -0.2) is 4.79 Å². The second kappa shape index (κ2) is 7.03. The van der Waals surface area contributed by atoms with E-state index in [9.17, 15) is 20.1 Å². The van der Waals surface area contributed by atoms with Crippen LogP contribution in [0.4, 0.5) is 10.5 Å². The minimum Gasteiger partial charge on any atom is -0.394 e. The highest BCUT2D eigenvalue weighted by Crippen LogP contribution is 2.20. The van der Waals surface area contributed by atoms with Crippen LogP contribution in [-0.4, -0.2) is 63.7 Å². The normalized spacial score (nSPS) is 31.6. The number of amides is 2. The van der Waals surface area contributed by atoms with Gasteiger partial charge in [-0.3, -0.25) is 0 Å². The Kier molecular flexibility index (Phi) is 5.33. The lowest BCUT2D eigenvalue weighted by Crippen LogP contribution is -2.64. The summed E-state index contributed by atoms with van der Waals surface area (Å²) in [5, 5.41) is 43.4. The number of rotatable bonds is 3. The molecule has 2 amide bonds. The Labute approximate surface area is 127 Å². The topological polar surface area (TPSA) is 131 Å². The largest absolute Gasteiger partial charge is 0.394 e. The number of anilines is 1. The summed E-state index contributed by atoms with van der Waals surface area (Å²) in [7, 11) is 0. The molecule has 8 nitrogen and oxygen atoms in total. The molecule has 5 atom stereocenters. The summed E-state index contributed by atoms with van der Waals surface area (Å²) in [4.78, 5) is 12.0. The van der Waals surface area contributed by atoms with Gasteiger partial charge in [0.2, 0.25) is 0 Å². The molecule has 1 aliphatic heterocycles. The minimum absolute atomic E-state index is 0.558. The van der Waals surface area contributed by atoms with Crippen LogP contribution >= 0.6 is 0 Å². The van der Waals surface area contributed by atoms with E-state index in [1.807, 2.05) is 19.1 Å². The van der Waals surface area contributed by atoms with Gasteiger partial charge in [0.1, 0.15) is 24.4 Å². The highest BCUT2D eigenvalue weighted by Gasteiger charge is 2.44. The highest BCUT2D eigenvalue weighted by atomic mass is 16.6. The molecule has 1 fully saturated rings. The van der Waals surface area contributed by atoms with Crippen molar-refractivity contribution in [2.75, 3.05) is 11.9 Å². The van der Waals surface area contributed by atoms with Gasteiger partial charge >= 0.3 is 6.03 Å². The van der Waals surface area contributed by atoms with Gasteiger partial charge in [-0.1, -0.05) is 18.2 Å². The second-order valence-electron chi connectivity index (χ2n) is 5.17. The average Bonchev–Trinajstić information content (AvgIpc) is 2.49. The van der Waals surface area contributed by atoms with Crippen LogP contribution in [-0.2, 0) is 4.74 Å². The number of aliphatic hydroxyl groups is 4. The lowest BCUT2D eigenvalue weighted by Gasteiger charge is -2.40. The maximum atomic E-state index is 12.0. The molecule has 1 aromatic rings. The third-order valence-electron chi connectivity index (χ3n) is 3.59. The fourth-order valence-electron chi connectivity index (χ4n) is 2.28. The lowest BCUT2D eigenvalue weighted by atomic mass is 9.97. The molecule has 0 radical (unpaired) electrons. The number of aryl methyl sites for hydroxylation is 1. The van der Waals surface area contributed by atoms with Crippen LogP contribution in [0.25, 0.3) is 0 Å². The van der Waals surface area contributed by atoms with E-state index >= 15 is 0 Å². The molecule has 122 valence electrons. The maximum absolute atomic E-state index is 12.0. The van der Waals surface area contributed by atoms with E-state index in [0.717, 1.165) is 5.56 Å². The van der Waals surface area contributed by atoms with Gasteiger partial charge in [0.25, 0.3) is 0 Å². The van der Waals surface area contributed by atoms with Crippen LogP contribution in [0.3, 0.4) is 0 Å². The van der Waals surface area contributed by atoms with Crippen molar-refractivity contribution in [2.24, 2.45) is 0 Å². The van der Waals surface area contributed by atoms with Gasteiger partial charge in [-0.15, -0.1) is 0 Å². The van der Waals surface area contributed by atoms with Crippen LogP contribution in [0.5, 0.6) is 0 Å². The fourth-order valence-corrected chi connectivity index (χ4v) is 2.28. The van der Waals surface area contributed by atoms with Crippen molar-refractivity contribution in [3.05, 3.63) is 29.8 Å². The van der Waals surface area contributed by atoms with E-state index in [-0.39, 0.29) is 0 Å². The maximum Gasteiger partial charge on any atom is 0.319 e. The Bertz CT molecular complexity index is 526. The van der Waals surface area contributed by atoms with Crippen molar-refractivity contribution >= 4 is 11.7 Å². The Morgan fingerprint density at radius 2 is 1.91 bits per heavy atom. The molecule has 6 N–H and O–H groups in total. The summed E-state index contributed by atoms with van der Waals surface area (Å²) >= 11 is 0. The first kappa shape index (κ1) is 16.7. The SMILES string of the molecule is Cc1ccccc1NC(=O)N[C@@H]1[C@@H](O)[C@H](O)[C@@H](CO)O[C@@H]1O. The van der Waals surface area contributed by atoms with Crippen LogP contribution in [0.2, 0.25) is 0 Å². The predicted octanol–water partition coefficient (Wildman–Crippen LogP) is -1.08. The molecule has 0 saturated carbocycles. The monoisotopic (exact) mass is 312 g/mol. The molecule has 22 heavy (non-hydrogen) atoms. The van der Waals surface area contributed by atoms with Crippen molar-refractivity contribution in [2.45, 2.75) is 37.6 Å². The number of aliphatic hydroxyl groups excluding tert-OH is 4. The molecule has 1 heterocycles. The first-order chi connectivity index (χ1) is 10.4. The molecular weight excluding hydrogens is 292 g/mol. The minimum atomic E-state index is -1.54. The summed E-state index contributed by atoms with van der Waals surface area (Å²) < 4.78 is 4.96. The summed E-state index contributed by atoms with van der Waals surface area (Å²) in [6.07, 6.45) is -5.54. The molecule has 1 saturated heterocycles. The summed E-state index contributed by atoms with van der Waals surface area (Å²) in [6, 6.07) is 5.23. The molecule has 0 unspecified atom stereocenters. The van der Waals surface area contributed by atoms with E-state index in [2.05, 4.69) is 10.6 Å². The van der Waals surface area contributed by atoms with Crippen LogP contribution in [0.1, 0.15) is 5.56 Å². The summed E-state index contributed by atoms with van der Waals surface area (Å²) in [5.74, 6) is 0. The Hall–Kier alpha value is -1.71. The first-order valence-corrected chi connectivity index (χ1v) is 6.87. The number of carbonyl (C=O) groups is 1. The van der Waals surface area contributed by atoms with Gasteiger partial charge in [-0.2, -0.15) is 0 Å². The number of hydrogen-bond donors (Lipinski definition) is 6. The fraction of sp³-hybridized carbons (Fsp3) is 0.500. The van der Waals surface area contributed by atoms with E-state index in [1.54, 1.807) is 12.1 Å². The average molecular weight is 312 g/mol. The van der Waals surface area contributed by atoms with Gasteiger partial charge in [0.05, 0.1) is 6.61 Å². The third-order valence-corrected chi connectivity index (χ3v) is 3.59. The molecule has 0 aliphatic carbocycles. The molecule has 1 aromatic carbocycles. The summed E-state index contributed by atoms with van der Waals surface area (Å²) in [6.45, 7) is 1.26. The number of urea groups is 1. The van der Waals surface area contributed by atoms with Crippen LogP contribution < -0.4 is 10.6 Å². The quantitative estimate of drug-likeness (QED) is 0.421. The van der Waals surface area contributed by atoms with Gasteiger partial charge in [-0.05, 0) is 18.6 Å². The number of para-hydroxylation sites is 1. The number of carbonyl (C=O) groups excluding carboxylic acids is 1. The predicted molar refractivity (Wildman–Crippen MR) is 77.1 cm³/mol. The Balaban J connectivity index is 2.00.